The van der Waals surface area contributed by atoms with Crippen molar-refractivity contribution in [1.82, 2.24) is 0 Å². The van der Waals surface area contributed by atoms with Crippen LogP contribution in [0.25, 0.3) is 0 Å². The van der Waals surface area contributed by atoms with Crippen molar-refractivity contribution in [2.24, 2.45) is 0 Å². The molecule has 0 aromatic rings. The number of hydrogen-bond donors (Lipinski definition) is 1. The van der Waals surface area contributed by atoms with Crippen molar-refractivity contribution in [2.45, 2.75) is 31.3 Å². The van der Waals surface area contributed by atoms with Crippen LogP contribution in [0, 0.1) is 9.85 Å². The summed E-state index contributed by atoms with van der Waals surface area (Å²) in [7, 11) is 0. The molecule has 1 rings (SSSR count). The van der Waals surface area contributed by atoms with Gasteiger partial charge in [0.15, 0.2) is 0 Å². The molecule has 0 bridgehead atoms. The van der Waals surface area contributed by atoms with Crippen molar-refractivity contribution < 1.29 is 5.11 Å². The summed E-state index contributed by atoms with van der Waals surface area (Å²) in [6.07, 6.45) is 3.98. The lowest BCUT2D eigenvalue weighted by Crippen LogP contribution is -2.20. The van der Waals surface area contributed by atoms with Crippen LogP contribution in [0.4, 0.5) is 0 Å². The largest absolute Gasteiger partial charge is 0.378 e. The lowest BCUT2D eigenvalue weighted by atomic mass is 10.1. The summed E-state index contributed by atoms with van der Waals surface area (Å²) >= 11 is 1.97. The van der Waals surface area contributed by atoms with Crippen molar-refractivity contribution in [1.29, 1.82) is 0 Å². The second-order valence-electron chi connectivity index (χ2n) is 2.46. The topological polar surface area (TPSA) is 20.2 Å². The molecule has 1 aliphatic carbocycles. The zero-order valence-corrected chi connectivity index (χ0v) is 7.31. The fourth-order valence-electron chi connectivity index (χ4n) is 1.17. The van der Waals surface area contributed by atoms with E-state index in [0.29, 0.717) is 0 Å². The molecule has 0 spiro atoms. The predicted octanol–water partition coefficient (Wildman–Crippen LogP) is 1.69. The Morgan fingerprint density at radius 2 is 1.89 bits per heavy atom. The average Bonchev–Trinajstić information content (AvgIpc) is 2.16. The monoisotopic (exact) mass is 236 g/mol. The van der Waals surface area contributed by atoms with E-state index in [4.69, 9.17) is 0 Å². The number of rotatable bonds is 0. The van der Waals surface area contributed by atoms with E-state index in [1.54, 1.807) is 0 Å². The average molecular weight is 236 g/mol. The molecule has 1 aliphatic rings. The van der Waals surface area contributed by atoms with Gasteiger partial charge in [0.05, 0.1) is 0 Å². The maximum Gasteiger partial charge on any atom is 0.126 e. The highest BCUT2D eigenvalue weighted by Crippen LogP contribution is 2.28. The van der Waals surface area contributed by atoms with Crippen molar-refractivity contribution in [2.75, 3.05) is 0 Å². The second kappa shape index (κ2) is 2.89. The zero-order chi connectivity index (χ0) is 6.74. The summed E-state index contributed by atoms with van der Waals surface area (Å²) in [6, 6.07) is 0. The molecule has 1 saturated carbocycles. The van der Waals surface area contributed by atoms with E-state index in [0.717, 1.165) is 25.7 Å². The lowest BCUT2D eigenvalue weighted by Gasteiger charge is -2.11. The maximum atomic E-state index is 9.51. The lowest BCUT2D eigenvalue weighted by molar-refractivity contribution is 0.110. The van der Waals surface area contributed by atoms with Crippen molar-refractivity contribution in [3.05, 3.63) is 0 Å². The molecule has 0 radical (unpaired) electrons. The van der Waals surface area contributed by atoms with Gasteiger partial charge in [-0.15, -0.1) is 0 Å². The Labute approximate surface area is 69.0 Å². The van der Waals surface area contributed by atoms with E-state index >= 15 is 0 Å². The van der Waals surface area contributed by atoms with Crippen LogP contribution in [0.1, 0.15) is 25.7 Å². The van der Waals surface area contributed by atoms with E-state index in [9.17, 15) is 5.11 Å². The van der Waals surface area contributed by atoms with Gasteiger partial charge in [-0.1, -0.05) is 5.92 Å². The van der Waals surface area contributed by atoms with E-state index in [1.165, 1.54) is 0 Å². The molecule has 1 N–H and O–H groups in total. The van der Waals surface area contributed by atoms with Crippen LogP contribution in [-0.2, 0) is 0 Å². The minimum absolute atomic E-state index is 0.624. The Morgan fingerprint density at radius 1 is 1.33 bits per heavy atom. The summed E-state index contributed by atoms with van der Waals surface area (Å²) in [5, 5.41) is 9.51. The van der Waals surface area contributed by atoms with Gasteiger partial charge in [0.1, 0.15) is 5.60 Å². The molecule has 0 atom stereocenters. The Kier molecular flexibility index (Phi) is 2.36. The molecule has 50 valence electrons. The molecular formula is C7H9IO. The molecule has 9 heavy (non-hydrogen) atoms. The Bertz CT molecular complexity index is 148. The van der Waals surface area contributed by atoms with Crippen molar-refractivity contribution in [3.8, 4) is 9.85 Å². The summed E-state index contributed by atoms with van der Waals surface area (Å²) in [4.78, 5) is 0. The summed E-state index contributed by atoms with van der Waals surface area (Å²) in [5.74, 6) is 2.81. The SMILES string of the molecule is OC1(C#CI)CCCC1. The molecule has 0 amide bonds. The maximum absolute atomic E-state index is 9.51. The first-order chi connectivity index (χ1) is 4.27. The van der Waals surface area contributed by atoms with Gasteiger partial charge < -0.3 is 5.11 Å². The first kappa shape index (κ1) is 7.36. The Balaban J connectivity index is 2.58. The standard InChI is InChI=1S/C7H9IO/c8-6-5-7(9)3-1-2-4-7/h9H,1-4H2. The van der Waals surface area contributed by atoms with Crippen LogP contribution >= 0.6 is 22.6 Å². The fraction of sp³-hybridized carbons (Fsp3) is 0.714. The number of hydrogen-bond acceptors (Lipinski definition) is 1. The van der Waals surface area contributed by atoms with Crippen LogP contribution in [-0.4, -0.2) is 10.7 Å². The van der Waals surface area contributed by atoms with Gasteiger partial charge in [-0.3, -0.25) is 0 Å². The van der Waals surface area contributed by atoms with Gasteiger partial charge in [0.2, 0.25) is 0 Å². The molecule has 1 nitrogen and oxygen atoms in total. The van der Waals surface area contributed by atoms with Crippen LogP contribution in [0.3, 0.4) is 0 Å². The second-order valence-corrected chi connectivity index (χ2v) is 3.00. The van der Waals surface area contributed by atoms with Crippen LogP contribution in [0.15, 0.2) is 0 Å². The van der Waals surface area contributed by atoms with E-state index in [2.05, 4.69) is 9.85 Å². The molecule has 0 unspecified atom stereocenters. The van der Waals surface area contributed by atoms with Crippen molar-refractivity contribution >= 4 is 22.6 Å². The van der Waals surface area contributed by atoms with Gasteiger partial charge >= 0.3 is 0 Å². The molecule has 0 aromatic carbocycles. The zero-order valence-electron chi connectivity index (χ0n) is 5.15. The van der Waals surface area contributed by atoms with Crippen LogP contribution in [0.5, 0.6) is 0 Å². The Morgan fingerprint density at radius 3 is 2.33 bits per heavy atom. The molecular weight excluding hydrogens is 227 g/mol. The molecule has 1 fully saturated rings. The smallest absolute Gasteiger partial charge is 0.126 e. The highest BCUT2D eigenvalue weighted by Gasteiger charge is 2.28. The number of halogens is 1. The minimum Gasteiger partial charge on any atom is -0.378 e. The van der Waals surface area contributed by atoms with Crippen LogP contribution < -0.4 is 0 Å². The number of aliphatic hydroxyl groups is 1. The first-order valence-electron chi connectivity index (χ1n) is 3.12. The molecule has 0 aromatic heterocycles. The van der Waals surface area contributed by atoms with Gasteiger partial charge in [-0.2, -0.15) is 0 Å². The third-order valence-corrected chi connectivity index (χ3v) is 1.98. The first-order valence-corrected chi connectivity index (χ1v) is 4.20. The fourth-order valence-corrected chi connectivity index (χ4v) is 1.67. The normalized spacial score (nSPS) is 22.9. The van der Waals surface area contributed by atoms with E-state index in [-0.39, 0.29) is 0 Å². The molecule has 2 heteroatoms. The van der Waals surface area contributed by atoms with Gasteiger partial charge in [-0.25, -0.2) is 0 Å². The molecule has 0 aliphatic heterocycles. The third kappa shape index (κ3) is 1.84. The highest BCUT2D eigenvalue weighted by atomic mass is 127. The Hall–Kier alpha value is 0.250. The van der Waals surface area contributed by atoms with Crippen molar-refractivity contribution in [3.63, 3.8) is 0 Å². The summed E-state index contributed by atoms with van der Waals surface area (Å²) in [5.41, 5.74) is -0.624. The summed E-state index contributed by atoms with van der Waals surface area (Å²) in [6.45, 7) is 0. The minimum atomic E-state index is -0.624. The molecule has 0 saturated heterocycles. The molecule has 0 heterocycles. The van der Waals surface area contributed by atoms with Gasteiger partial charge in [0, 0.05) is 22.6 Å². The van der Waals surface area contributed by atoms with E-state index < -0.39 is 5.60 Å². The predicted molar refractivity (Wildman–Crippen MR) is 45.2 cm³/mol. The van der Waals surface area contributed by atoms with Gasteiger partial charge in [0.25, 0.3) is 0 Å². The quantitative estimate of drug-likeness (QED) is 0.501. The van der Waals surface area contributed by atoms with E-state index in [1.807, 2.05) is 22.6 Å². The van der Waals surface area contributed by atoms with Crippen LogP contribution in [0.2, 0.25) is 0 Å². The third-order valence-electron chi connectivity index (χ3n) is 1.71. The highest BCUT2D eigenvalue weighted by molar-refractivity contribution is 14.1. The van der Waals surface area contributed by atoms with Gasteiger partial charge in [-0.05, 0) is 29.6 Å². The summed E-state index contributed by atoms with van der Waals surface area (Å²) < 4.78 is 2.72.